The Morgan fingerprint density at radius 1 is 1.16 bits per heavy atom. The van der Waals surface area contributed by atoms with Gasteiger partial charge >= 0.3 is 0 Å². The van der Waals surface area contributed by atoms with Crippen molar-refractivity contribution in [2.45, 2.75) is 38.3 Å². The zero-order chi connectivity index (χ0) is 25.9. The van der Waals surface area contributed by atoms with Gasteiger partial charge < -0.3 is 20.3 Å². The molecule has 0 bridgehead atoms. The van der Waals surface area contributed by atoms with Crippen molar-refractivity contribution in [3.8, 4) is 11.4 Å². The predicted octanol–water partition coefficient (Wildman–Crippen LogP) is 3.92. The summed E-state index contributed by atoms with van der Waals surface area (Å²) in [5.74, 6) is 2.34. The van der Waals surface area contributed by atoms with E-state index in [0.717, 1.165) is 41.9 Å². The number of benzene rings is 1. The average Bonchev–Trinajstić information content (AvgIpc) is 3.78. The molecule has 0 spiro atoms. The van der Waals surface area contributed by atoms with Crippen LogP contribution >= 0.6 is 0 Å². The molecule has 2 aliphatic rings. The zero-order valence-electron chi connectivity index (χ0n) is 21.4. The van der Waals surface area contributed by atoms with E-state index in [4.69, 9.17) is 14.7 Å². The van der Waals surface area contributed by atoms with Crippen LogP contribution < -0.4 is 15.5 Å². The van der Waals surface area contributed by atoms with Crippen molar-refractivity contribution in [3.63, 3.8) is 0 Å². The largest absolute Gasteiger partial charge is 0.375 e. The third-order valence-electron chi connectivity index (χ3n) is 6.94. The van der Waals surface area contributed by atoms with Gasteiger partial charge in [-0.15, -0.1) is 0 Å². The molecular formula is C29H31N7O2. The second-order valence-electron chi connectivity index (χ2n) is 9.98. The van der Waals surface area contributed by atoms with Gasteiger partial charge in [0.15, 0.2) is 5.82 Å². The molecule has 1 saturated carbocycles. The molecule has 1 amide bonds. The number of hydrogen-bond donors (Lipinski definition) is 2. The number of carbonyl (C=O) groups is 1. The van der Waals surface area contributed by atoms with E-state index < -0.39 is 0 Å². The zero-order valence-corrected chi connectivity index (χ0v) is 21.4. The molecule has 38 heavy (non-hydrogen) atoms. The molecule has 9 heteroatoms. The monoisotopic (exact) mass is 509 g/mol. The number of hydrogen-bond acceptors (Lipinski definition) is 8. The average molecular weight is 510 g/mol. The van der Waals surface area contributed by atoms with Crippen LogP contribution in [0.25, 0.3) is 22.3 Å². The maximum atomic E-state index is 11.6. The molecule has 1 aliphatic carbocycles. The Labute approximate surface area is 221 Å². The van der Waals surface area contributed by atoms with Crippen LogP contribution in [0.4, 0.5) is 11.6 Å². The van der Waals surface area contributed by atoms with E-state index in [1.807, 2.05) is 42.7 Å². The Morgan fingerprint density at radius 2 is 2.03 bits per heavy atom. The minimum atomic E-state index is -0.172. The van der Waals surface area contributed by atoms with Crippen LogP contribution in [0, 0.1) is 0 Å². The Balaban J connectivity index is 1.31. The quantitative estimate of drug-likeness (QED) is 0.368. The topological polar surface area (TPSA) is 105 Å². The summed E-state index contributed by atoms with van der Waals surface area (Å²) in [6.45, 7) is 5.12. The summed E-state index contributed by atoms with van der Waals surface area (Å²) in [7, 11) is 0. The first kappa shape index (κ1) is 24.4. The molecule has 1 unspecified atom stereocenters. The van der Waals surface area contributed by atoms with Gasteiger partial charge in [0.2, 0.25) is 5.91 Å². The number of ether oxygens (including phenoxy) is 1. The number of nitrogens with one attached hydrogen (secondary N) is 2. The van der Waals surface area contributed by atoms with E-state index in [1.54, 1.807) is 6.20 Å². The summed E-state index contributed by atoms with van der Waals surface area (Å²) in [6.07, 6.45) is 7.82. The molecule has 6 rings (SSSR count). The second-order valence-corrected chi connectivity index (χ2v) is 9.98. The highest BCUT2D eigenvalue weighted by Gasteiger charge is 2.30. The van der Waals surface area contributed by atoms with Gasteiger partial charge in [0.1, 0.15) is 11.6 Å². The summed E-state index contributed by atoms with van der Waals surface area (Å²) in [6, 6.07) is 14.1. The van der Waals surface area contributed by atoms with Crippen molar-refractivity contribution in [2.24, 2.45) is 0 Å². The molecule has 3 aromatic heterocycles. The van der Waals surface area contributed by atoms with Crippen molar-refractivity contribution >= 4 is 28.4 Å². The smallest absolute Gasteiger partial charge is 0.222 e. The van der Waals surface area contributed by atoms with Gasteiger partial charge in [-0.2, -0.15) is 0 Å². The van der Waals surface area contributed by atoms with Gasteiger partial charge in [-0.3, -0.25) is 9.78 Å². The highest BCUT2D eigenvalue weighted by molar-refractivity contribution is 5.94. The van der Waals surface area contributed by atoms with Crippen LogP contribution in [0.15, 0.2) is 61.1 Å². The number of anilines is 2. The molecule has 2 fully saturated rings. The van der Waals surface area contributed by atoms with Crippen molar-refractivity contribution in [1.82, 2.24) is 25.3 Å². The molecule has 194 valence electrons. The molecule has 9 nitrogen and oxygen atoms in total. The first-order valence-electron chi connectivity index (χ1n) is 13.1. The fourth-order valence-corrected chi connectivity index (χ4v) is 4.99. The molecule has 4 aromatic rings. The Kier molecular flexibility index (Phi) is 6.94. The SMILES string of the molecule is CC(=O)Nc1cc(-c2nc(N3CCNC(COCc4ccccc4)C3)c3c(C4CC4)cncc3n2)ccn1. The van der Waals surface area contributed by atoms with Gasteiger partial charge in [0.25, 0.3) is 0 Å². The van der Waals surface area contributed by atoms with Crippen LogP contribution in [0.1, 0.15) is 36.8 Å². The number of aromatic nitrogens is 4. The van der Waals surface area contributed by atoms with Gasteiger partial charge in [-0.25, -0.2) is 15.0 Å². The van der Waals surface area contributed by atoms with Crippen molar-refractivity contribution < 1.29 is 9.53 Å². The lowest BCUT2D eigenvalue weighted by Crippen LogP contribution is -2.53. The predicted molar refractivity (Wildman–Crippen MR) is 147 cm³/mol. The number of fused-ring (bicyclic) bond motifs is 1. The molecule has 4 heterocycles. The van der Waals surface area contributed by atoms with Gasteiger partial charge in [-0.05, 0) is 42.0 Å². The lowest BCUT2D eigenvalue weighted by atomic mass is 10.1. The van der Waals surface area contributed by atoms with Crippen LogP contribution in [-0.2, 0) is 16.1 Å². The highest BCUT2D eigenvalue weighted by Crippen LogP contribution is 2.45. The Bertz CT molecular complexity index is 1440. The summed E-state index contributed by atoms with van der Waals surface area (Å²) < 4.78 is 6.07. The highest BCUT2D eigenvalue weighted by atomic mass is 16.5. The first-order valence-corrected chi connectivity index (χ1v) is 13.1. The van der Waals surface area contributed by atoms with Gasteiger partial charge in [-0.1, -0.05) is 30.3 Å². The number of carbonyl (C=O) groups excluding carboxylic acids is 1. The third kappa shape index (κ3) is 5.49. The van der Waals surface area contributed by atoms with Crippen LogP contribution in [0.3, 0.4) is 0 Å². The maximum Gasteiger partial charge on any atom is 0.222 e. The number of piperazine rings is 1. The molecule has 2 N–H and O–H groups in total. The van der Waals surface area contributed by atoms with Crippen LogP contribution in [0.2, 0.25) is 0 Å². The standard InChI is InChI=1S/C29H31N7O2/c1-19(37)33-26-13-22(9-10-32-26)28-34-25-15-30-14-24(21-7-8-21)27(25)29(35-28)36-12-11-31-23(16-36)18-38-17-20-5-3-2-4-6-20/h2-6,9-10,13-15,21,23,31H,7-8,11-12,16-18H2,1H3,(H,32,33,37). The van der Waals surface area contributed by atoms with E-state index in [2.05, 4.69) is 37.6 Å². The maximum absolute atomic E-state index is 11.6. The van der Waals surface area contributed by atoms with Crippen LogP contribution in [0.5, 0.6) is 0 Å². The lowest BCUT2D eigenvalue weighted by Gasteiger charge is -2.35. The van der Waals surface area contributed by atoms with Crippen LogP contribution in [-0.4, -0.2) is 58.1 Å². The lowest BCUT2D eigenvalue weighted by molar-refractivity contribution is -0.114. The Hall–Kier alpha value is -3.95. The normalized spacial score (nSPS) is 17.5. The van der Waals surface area contributed by atoms with Gasteiger partial charge in [0.05, 0.1) is 24.9 Å². The molecule has 1 atom stereocenters. The molecule has 1 saturated heterocycles. The number of rotatable bonds is 8. The minimum Gasteiger partial charge on any atom is -0.375 e. The van der Waals surface area contributed by atoms with Crippen molar-refractivity contribution in [2.75, 3.05) is 36.5 Å². The fraction of sp³-hybridized carbons (Fsp3) is 0.345. The first-order chi connectivity index (χ1) is 18.6. The minimum absolute atomic E-state index is 0.172. The third-order valence-corrected chi connectivity index (χ3v) is 6.94. The summed E-state index contributed by atoms with van der Waals surface area (Å²) in [5.41, 5.74) is 4.03. The summed E-state index contributed by atoms with van der Waals surface area (Å²) in [5, 5.41) is 7.44. The van der Waals surface area contributed by atoms with E-state index in [-0.39, 0.29) is 11.9 Å². The van der Waals surface area contributed by atoms with E-state index in [1.165, 1.54) is 30.9 Å². The second kappa shape index (κ2) is 10.8. The summed E-state index contributed by atoms with van der Waals surface area (Å²) >= 11 is 0. The fourth-order valence-electron chi connectivity index (χ4n) is 4.99. The van der Waals surface area contributed by atoms with E-state index in [0.29, 0.717) is 30.8 Å². The Morgan fingerprint density at radius 3 is 2.84 bits per heavy atom. The molecule has 0 radical (unpaired) electrons. The number of nitrogens with zero attached hydrogens (tertiary/aromatic N) is 5. The van der Waals surface area contributed by atoms with Gasteiger partial charge in [0, 0.05) is 55.9 Å². The van der Waals surface area contributed by atoms with E-state index in [9.17, 15) is 4.79 Å². The van der Waals surface area contributed by atoms with Crippen molar-refractivity contribution in [3.05, 3.63) is 72.2 Å². The molecule has 1 aliphatic heterocycles. The molecule has 1 aromatic carbocycles. The number of pyridine rings is 2. The summed E-state index contributed by atoms with van der Waals surface area (Å²) in [4.78, 5) is 32.7. The van der Waals surface area contributed by atoms with Crippen molar-refractivity contribution in [1.29, 1.82) is 0 Å². The van der Waals surface area contributed by atoms with E-state index >= 15 is 0 Å². The molecular weight excluding hydrogens is 478 g/mol. The number of amides is 1.